The third-order valence-corrected chi connectivity index (χ3v) is 2.84. The fourth-order valence-electron chi connectivity index (χ4n) is 1.50. The van der Waals surface area contributed by atoms with E-state index in [2.05, 4.69) is 10.3 Å². The van der Waals surface area contributed by atoms with Crippen LogP contribution in [0.15, 0.2) is 35.3 Å². The van der Waals surface area contributed by atoms with Gasteiger partial charge in [0.05, 0.1) is 29.0 Å². The van der Waals surface area contributed by atoms with E-state index in [1.54, 1.807) is 0 Å². The predicted molar refractivity (Wildman–Crippen MR) is 71.7 cm³/mol. The molecule has 22 heavy (non-hydrogen) atoms. The molecular formula is C13H10ClF3N2O3. The summed E-state index contributed by atoms with van der Waals surface area (Å²) in [5.41, 5.74) is -0.667. The number of furan rings is 1. The Morgan fingerprint density at radius 2 is 2.23 bits per heavy atom. The van der Waals surface area contributed by atoms with Crippen LogP contribution in [0.4, 0.5) is 19.0 Å². The van der Waals surface area contributed by atoms with Crippen molar-refractivity contribution in [3.8, 4) is 0 Å². The molecule has 2 rings (SSSR count). The van der Waals surface area contributed by atoms with Crippen LogP contribution in [0.1, 0.15) is 15.9 Å². The number of hydrogen-bond donors (Lipinski definition) is 1. The van der Waals surface area contributed by atoms with Gasteiger partial charge in [0.1, 0.15) is 18.7 Å². The van der Waals surface area contributed by atoms with E-state index < -0.39 is 17.7 Å². The highest BCUT2D eigenvalue weighted by molar-refractivity contribution is 6.32. The topological polar surface area (TPSA) is 64.4 Å². The Hall–Kier alpha value is -2.22. The van der Waals surface area contributed by atoms with E-state index in [0.29, 0.717) is 6.20 Å². The highest BCUT2D eigenvalue weighted by Gasteiger charge is 2.31. The molecule has 9 heteroatoms. The number of carbonyl (C=O) groups is 1. The number of halogens is 4. The second-order valence-electron chi connectivity index (χ2n) is 4.13. The van der Waals surface area contributed by atoms with E-state index in [1.807, 2.05) is 0 Å². The summed E-state index contributed by atoms with van der Waals surface area (Å²) in [6.07, 6.45) is -1.26. The van der Waals surface area contributed by atoms with Gasteiger partial charge in [-0.2, -0.15) is 13.2 Å². The Morgan fingerprint density at radius 3 is 2.82 bits per heavy atom. The van der Waals surface area contributed by atoms with Crippen molar-refractivity contribution < 1.29 is 27.1 Å². The van der Waals surface area contributed by atoms with E-state index in [4.69, 9.17) is 20.8 Å². The quantitative estimate of drug-likeness (QED) is 0.668. The minimum absolute atomic E-state index is 0.0109. The lowest BCUT2D eigenvalue weighted by Crippen LogP contribution is -2.15. The molecule has 0 unspecified atom stereocenters. The summed E-state index contributed by atoms with van der Waals surface area (Å²) < 4.78 is 47.0. The Bertz CT molecular complexity index is 644. The number of nitrogens with zero attached hydrogens (tertiary/aromatic N) is 1. The van der Waals surface area contributed by atoms with Gasteiger partial charge in [0.15, 0.2) is 0 Å². The Morgan fingerprint density at radius 1 is 1.45 bits per heavy atom. The minimum Gasteiger partial charge on any atom is -0.472 e. The number of anilines is 1. The van der Waals surface area contributed by atoms with Gasteiger partial charge in [-0.3, -0.25) is 0 Å². The number of nitrogens with one attached hydrogen (secondary N) is 1. The summed E-state index contributed by atoms with van der Waals surface area (Å²) in [4.78, 5) is 15.1. The molecule has 0 saturated carbocycles. The number of hydrogen-bond acceptors (Lipinski definition) is 5. The van der Waals surface area contributed by atoms with Crippen LogP contribution in [0.3, 0.4) is 0 Å². The largest absolute Gasteiger partial charge is 0.472 e. The normalized spacial score (nSPS) is 11.3. The summed E-state index contributed by atoms with van der Waals surface area (Å²) in [5.74, 6) is -0.490. The SMILES string of the molecule is O=C(OCCNc1ncc(C(F)(F)F)cc1Cl)c1ccoc1. The molecule has 0 spiro atoms. The summed E-state index contributed by atoms with van der Waals surface area (Å²) in [6, 6.07) is 2.22. The van der Waals surface area contributed by atoms with Crippen LogP contribution in [0, 0.1) is 0 Å². The molecule has 0 radical (unpaired) electrons. The highest BCUT2D eigenvalue weighted by Crippen LogP contribution is 2.32. The van der Waals surface area contributed by atoms with Gasteiger partial charge in [-0.25, -0.2) is 9.78 Å². The van der Waals surface area contributed by atoms with E-state index >= 15 is 0 Å². The van der Waals surface area contributed by atoms with Crippen molar-refractivity contribution in [3.63, 3.8) is 0 Å². The van der Waals surface area contributed by atoms with Gasteiger partial charge in [0.25, 0.3) is 0 Å². The minimum atomic E-state index is -4.50. The summed E-state index contributed by atoms with van der Waals surface area (Å²) >= 11 is 5.71. The van der Waals surface area contributed by atoms with Gasteiger partial charge in [-0.05, 0) is 12.1 Å². The summed E-state index contributed by atoms with van der Waals surface area (Å²) in [6.45, 7) is 0.130. The number of pyridine rings is 1. The molecule has 0 amide bonds. The van der Waals surface area contributed by atoms with Gasteiger partial charge in [-0.1, -0.05) is 11.6 Å². The van der Waals surface area contributed by atoms with Crippen molar-refractivity contribution in [2.24, 2.45) is 0 Å². The van der Waals surface area contributed by atoms with Crippen LogP contribution in [-0.2, 0) is 10.9 Å². The van der Waals surface area contributed by atoms with Crippen molar-refractivity contribution in [2.45, 2.75) is 6.18 Å². The van der Waals surface area contributed by atoms with Crippen molar-refractivity contribution in [1.82, 2.24) is 4.98 Å². The van der Waals surface area contributed by atoms with Crippen LogP contribution >= 0.6 is 11.6 Å². The smallest absolute Gasteiger partial charge is 0.417 e. The first-order valence-electron chi connectivity index (χ1n) is 6.04. The number of alkyl halides is 3. The second-order valence-corrected chi connectivity index (χ2v) is 4.53. The first-order valence-corrected chi connectivity index (χ1v) is 6.41. The summed E-state index contributed by atoms with van der Waals surface area (Å²) in [5, 5.41) is 2.51. The first kappa shape index (κ1) is 16.2. The first-order chi connectivity index (χ1) is 10.4. The molecule has 2 heterocycles. The average Bonchev–Trinajstić information content (AvgIpc) is 2.97. The number of ether oxygens (including phenoxy) is 1. The van der Waals surface area contributed by atoms with Crippen molar-refractivity contribution in [3.05, 3.63) is 47.0 Å². The van der Waals surface area contributed by atoms with E-state index in [-0.39, 0.29) is 29.6 Å². The molecule has 0 aliphatic carbocycles. The molecule has 0 bridgehead atoms. The van der Waals surface area contributed by atoms with E-state index in [0.717, 1.165) is 6.07 Å². The molecule has 2 aromatic rings. The number of esters is 1. The fraction of sp³-hybridized carbons (Fsp3) is 0.231. The van der Waals surface area contributed by atoms with Gasteiger partial charge in [-0.15, -0.1) is 0 Å². The maximum absolute atomic E-state index is 12.4. The lowest BCUT2D eigenvalue weighted by atomic mass is 10.3. The Balaban J connectivity index is 1.83. The van der Waals surface area contributed by atoms with E-state index in [9.17, 15) is 18.0 Å². The zero-order valence-corrected chi connectivity index (χ0v) is 11.7. The number of carbonyl (C=O) groups excluding carboxylic acids is 1. The van der Waals surface area contributed by atoms with Crippen molar-refractivity contribution in [1.29, 1.82) is 0 Å². The predicted octanol–water partition coefficient (Wildman–Crippen LogP) is 3.62. The zero-order chi connectivity index (χ0) is 16.2. The van der Waals surface area contributed by atoms with Crippen LogP contribution in [0.25, 0.3) is 0 Å². The highest BCUT2D eigenvalue weighted by atomic mass is 35.5. The van der Waals surface area contributed by atoms with Gasteiger partial charge in [0.2, 0.25) is 0 Å². The molecule has 0 aliphatic rings. The Labute approximate surface area is 128 Å². The van der Waals surface area contributed by atoms with Crippen LogP contribution in [0.5, 0.6) is 0 Å². The van der Waals surface area contributed by atoms with Gasteiger partial charge < -0.3 is 14.5 Å². The van der Waals surface area contributed by atoms with Crippen LogP contribution in [-0.4, -0.2) is 24.1 Å². The molecule has 0 aliphatic heterocycles. The third-order valence-electron chi connectivity index (χ3n) is 2.55. The molecule has 118 valence electrons. The molecule has 0 fully saturated rings. The van der Waals surface area contributed by atoms with Gasteiger partial charge in [0, 0.05) is 6.20 Å². The second kappa shape index (κ2) is 6.69. The van der Waals surface area contributed by atoms with Crippen LogP contribution < -0.4 is 5.32 Å². The van der Waals surface area contributed by atoms with E-state index in [1.165, 1.54) is 18.6 Å². The Kier molecular flexibility index (Phi) is 4.92. The lowest BCUT2D eigenvalue weighted by Gasteiger charge is -2.10. The third kappa shape index (κ3) is 4.14. The maximum atomic E-state index is 12.4. The molecule has 2 aromatic heterocycles. The number of rotatable bonds is 5. The molecule has 0 saturated heterocycles. The lowest BCUT2D eigenvalue weighted by molar-refractivity contribution is -0.137. The zero-order valence-electron chi connectivity index (χ0n) is 11.0. The van der Waals surface area contributed by atoms with Crippen molar-refractivity contribution in [2.75, 3.05) is 18.5 Å². The molecule has 1 N–H and O–H groups in total. The van der Waals surface area contributed by atoms with Gasteiger partial charge >= 0.3 is 12.1 Å². The molecular weight excluding hydrogens is 325 g/mol. The summed E-state index contributed by atoms with van der Waals surface area (Å²) in [7, 11) is 0. The average molecular weight is 335 g/mol. The number of aromatic nitrogens is 1. The standard InChI is InChI=1S/C13H10ClF3N2O3/c14-10-5-9(13(15,16)17)6-19-11(10)18-2-4-22-12(20)8-1-3-21-7-8/h1,3,5-7H,2,4H2,(H,18,19). The molecule has 0 atom stereocenters. The molecule has 5 nitrogen and oxygen atoms in total. The fourth-order valence-corrected chi connectivity index (χ4v) is 1.73. The molecule has 0 aromatic carbocycles. The van der Waals surface area contributed by atoms with Crippen molar-refractivity contribution >= 4 is 23.4 Å². The van der Waals surface area contributed by atoms with Crippen LogP contribution in [0.2, 0.25) is 5.02 Å². The monoisotopic (exact) mass is 334 g/mol. The maximum Gasteiger partial charge on any atom is 0.417 e.